The van der Waals surface area contributed by atoms with Crippen LogP contribution in [-0.4, -0.2) is 39.2 Å². The number of benzene rings is 1. The molecule has 2 N–H and O–H groups in total. The maximum absolute atomic E-state index is 12.7. The Bertz CT molecular complexity index is 552. The first-order valence-electron chi connectivity index (χ1n) is 6.13. The first-order chi connectivity index (χ1) is 9.71. The van der Waals surface area contributed by atoms with Crippen molar-refractivity contribution in [2.45, 2.75) is 31.1 Å². The Balaban J connectivity index is 2.40. The second-order valence-corrected chi connectivity index (χ2v) is 4.77. The Kier molecular flexibility index (Phi) is 3.80. The summed E-state index contributed by atoms with van der Waals surface area (Å²) < 4.78 is 38.0. The maximum atomic E-state index is 12.7. The molecule has 0 spiro atoms. The number of phenolic OH excluding ortho intramolecular Hbond substituents is 1. The third kappa shape index (κ3) is 3.26. The molecule has 1 unspecified atom stereocenters. The van der Waals surface area contributed by atoms with Crippen molar-refractivity contribution in [3.63, 3.8) is 0 Å². The van der Waals surface area contributed by atoms with E-state index in [9.17, 15) is 27.9 Å². The van der Waals surface area contributed by atoms with Crippen LogP contribution in [0.1, 0.15) is 24.4 Å². The molecule has 1 fully saturated rings. The monoisotopic (exact) mass is 303 g/mol. The Morgan fingerprint density at radius 3 is 2.10 bits per heavy atom. The molecular formula is C13H12F3NO4. The van der Waals surface area contributed by atoms with Gasteiger partial charge in [-0.05, 0) is 30.5 Å². The highest BCUT2D eigenvalue weighted by Gasteiger charge is 2.51. The molecule has 21 heavy (non-hydrogen) atoms. The van der Waals surface area contributed by atoms with Crippen molar-refractivity contribution in [2.24, 2.45) is 0 Å². The molecular weight excluding hydrogens is 291 g/mol. The number of rotatable bonds is 4. The molecule has 2 rings (SSSR count). The third-order valence-corrected chi connectivity index (χ3v) is 3.14. The number of hydrogen-bond acceptors (Lipinski definition) is 3. The van der Waals surface area contributed by atoms with Crippen LogP contribution in [0.2, 0.25) is 0 Å². The highest BCUT2D eigenvalue weighted by atomic mass is 19.4. The van der Waals surface area contributed by atoms with Crippen LogP contribution in [0, 0.1) is 0 Å². The first kappa shape index (κ1) is 15.1. The molecule has 0 bridgehead atoms. The summed E-state index contributed by atoms with van der Waals surface area (Å²) in [5.74, 6) is -3.86. The molecule has 1 aliphatic carbocycles. The number of phenols is 1. The summed E-state index contributed by atoms with van der Waals surface area (Å²) in [6.07, 6.45) is -4.46. The predicted molar refractivity (Wildman–Crippen MR) is 64.4 cm³/mol. The lowest BCUT2D eigenvalue weighted by atomic mass is 10.0. The molecule has 5 nitrogen and oxygen atoms in total. The molecule has 1 aromatic carbocycles. The van der Waals surface area contributed by atoms with Crippen molar-refractivity contribution in [2.75, 3.05) is 0 Å². The SMILES string of the molecule is O=C(O)C(c1ccc(O)cc1)N(C(=O)C(F)(F)F)C1CC1. The van der Waals surface area contributed by atoms with Crippen LogP contribution in [0.4, 0.5) is 13.2 Å². The van der Waals surface area contributed by atoms with Crippen LogP contribution in [0.5, 0.6) is 5.75 Å². The summed E-state index contributed by atoms with van der Waals surface area (Å²) in [7, 11) is 0. The summed E-state index contributed by atoms with van der Waals surface area (Å²) in [4.78, 5) is 23.3. The van der Waals surface area contributed by atoms with Gasteiger partial charge >= 0.3 is 18.1 Å². The summed E-state index contributed by atoms with van der Waals surface area (Å²) in [5.41, 5.74) is 0.00444. The van der Waals surface area contributed by atoms with Gasteiger partial charge in [-0.1, -0.05) is 12.1 Å². The van der Waals surface area contributed by atoms with E-state index in [4.69, 9.17) is 5.11 Å². The number of aliphatic carboxylic acids is 1. The topological polar surface area (TPSA) is 77.8 Å². The van der Waals surface area contributed by atoms with E-state index in [2.05, 4.69) is 0 Å². The second-order valence-electron chi connectivity index (χ2n) is 4.77. The molecule has 0 aliphatic heterocycles. The van der Waals surface area contributed by atoms with E-state index in [1.807, 2.05) is 0 Å². The van der Waals surface area contributed by atoms with Crippen molar-refractivity contribution in [1.29, 1.82) is 0 Å². The number of carboxylic acid groups (broad SMARTS) is 1. The van der Waals surface area contributed by atoms with Gasteiger partial charge in [0, 0.05) is 6.04 Å². The zero-order chi connectivity index (χ0) is 15.8. The fraction of sp³-hybridized carbons (Fsp3) is 0.385. The highest BCUT2D eigenvalue weighted by molar-refractivity contribution is 5.88. The van der Waals surface area contributed by atoms with Crippen LogP contribution < -0.4 is 0 Å². The fourth-order valence-corrected chi connectivity index (χ4v) is 2.07. The van der Waals surface area contributed by atoms with Gasteiger partial charge in [0.1, 0.15) is 5.75 Å². The van der Waals surface area contributed by atoms with Gasteiger partial charge in [0.2, 0.25) is 0 Å². The summed E-state index contributed by atoms with van der Waals surface area (Å²) in [5, 5.41) is 18.4. The summed E-state index contributed by atoms with van der Waals surface area (Å²) in [6, 6.07) is 2.24. The lowest BCUT2D eigenvalue weighted by molar-refractivity contribution is -0.190. The molecule has 0 heterocycles. The average Bonchev–Trinajstić information content (AvgIpc) is 3.19. The van der Waals surface area contributed by atoms with Crippen LogP contribution in [-0.2, 0) is 9.59 Å². The number of halogens is 3. The molecule has 1 amide bonds. The van der Waals surface area contributed by atoms with Crippen LogP contribution in [0.3, 0.4) is 0 Å². The fourth-order valence-electron chi connectivity index (χ4n) is 2.07. The van der Waals surface area contributed by atoms with E-state index in [0.29, 0.717) is 17.7 Å². The standard InChI is InChI=1S/C13H12F3NO4/c14-13(15,16)12(21)17(8-3-4-8)10(11(19)20)7-1-5-9(18)6-2-7/h1-2,5-6,8,10,18H,3-4H2,(H,19,20). The molecule has 1 atom stereocenters. The number of aromatic hydroxyl groups is 1. The molecule has 1 saturated carbocycles. The molecule has 0 aromatic heterocycles. The number of amides is 1. The number of carbonyl (C=O) groups is 2. The van der Waals surface area contributed by atoms with E-state index in [1.54, 1.807) is 0 Å². The minimum atomic E-state index is -5.13. The number of nitrogens with zero attached hydrogens (tertiary/aromatic N) is 1. The first-order valence-corrected chi connectivity index (χ1v) is 6.13. The van der Waals surface area contributed by atoms with Gasteiger partial charge in [-0.15, -0.1) is 0 Å². The zero-order valence-electron chi connectivity index (χ0n) is 10.7. The van der Waals surface area contributed by atoms with Gasteiger partial charge in [0.15, 0.2) is 6.04 Å². The van der Waals surface area contributed by atoms with Crippen LogP contribution >= 0.6 is 0 Å². The average molecular weight is 303 g/mol. The smallest absolute Gasteiger partial charge is 0.471 e. The third-order valence-electron chi connectivity index (χ3n) is 3.14. The van der Waals surface area contributed by atoms with Crippen LogP contribution in [0.15, 0.2) is 24.3 Å². The molecule has 8 heteroatoms. The van der Waals surface area contributed by atoms with Gasteiger partial charge in [-0.25, -0.2) is 4.79 Å². The number of carboxylic acids is 1. The summed E-state index contributed by atoms with van der Waals surface area (Å²) in [6.45, 7) is 0. The lowest BCUT2D eigenvalue weighted by Crippen LogP contribution is -2.47. The quantitative estimate of drug-likeness (QED) is 0.892. The van der Waals surface area contributed by atoms with Gasteiger partial charge in [0.25, 0.3) is 0 Å². The van der Waals surface area contributed by atoms with Crippen molar-refractivity contribution < 1.29 is 33.0 Å². The minimum absolute atomic E-state index is 0.00444. The molecule has 1 aromatic rings. The zero-order valence-corrected chi connectivity index (χ0v) is 10.7. The molecule has 114 valence electrons. The van der Waals surface area contributed by atoms with E-state index < -0.39 is 30.1 Å². The molecule has 0 saturated heterocycles. The van der Waals surface area contributed by atoms with Gasteiger partial charge in [0.05, 0.1) is 0 Å². The predicted octanol–water partition coefficient (Wildman–Crippen LogP) is 2.07. The van der Waals surface area contributed by atoms with E-state index in [0.717, 1.165) is 12.1 Å². The Morgan fingerprint density at radius 2 is 1.71 bits per heavy atom. The van der Waals surface area contributed by atoms with Crippen molar-refractivity contribution >= 4 is 11.9 Å². The second kappa shape index (κ2) is 5.27. The van der Waals surface area contributed by atoms with Gasteiger partial charge in [-0.2, -0.15) is 13.2 Å². The summed E-state index contributed by atoms with van der Waals surface area (Å²) >= 11 is 0. The normalized spacial score (nSPS) is 16.3. The Labute approximate surface area is 117 Å². The maximum Gasteiger partial charge on any atom is 0.471 e. The van der Waals surface area contributed by atoms with Crippen molar-refractivity contribution in [3.8, 4) is 5.75 Å². The lowest BCUT2D eigenvalue weighted by Gasteiger charge is -2.30. The Morgan fingerprint density at radius 1 is 1.19 bits per heavy atom. The van der Waals surface area contributed by atoms with E-state index in [-0.39, 0.29) is 11.3 Å². The number of hydrogen-bond donors (Lipinski definition) is 2. The highest BCUT2D eigenvalue weighted by Crippen LogP contribution is 2.38. The Hall–Kier alpha value is -2.25. The van der Waals surface area contributed by atoms with Crippen LogP contribution in [0.25, 0.3) is 0 Å². The molecule has 0 radical (unpaired) electrons. The van der Waals surface area contributed by atoms with Crippen molar-refractivity contribution in [3.05, 3.63) is 29.8 Å². The number of carbonyl (C=O) groups excluding carboxylic acids is 1. The number of alkyl halides is 3. The molecule has 1 aliphatic rings. The minimum Gasteiger partial charge on any atom is -0.508 e. The van der Waals surface area contributed by atoms with E-state index in [1.165, 1.54) is 12.1 Å². The van der Waals surface area contributed by atoms with Gasteiger partial charge in [-0.3, -0.25) is 4.79 Å². The van der Waals surface area contributed by atoms with Crippen molar-refractivity contribution in [1.82, 2.24) is 4.90 Å². The largest absolute Gasteiger partial charge is 0.508 e. The van der Waals surface area contributed by atoms with Gasteiger partial charge < -0.3 is 15.1 Å². The van der Waals surface area contributed by atoms with E-state index >= 15 is 0 Å².